The van der Waals surface area contributed by atoms with Gasteiger partial charge in [0.15, 0.2) is 0 Å². The molecule has 104 valence electrons. The molecule has 1 aromatic rings. The quantitative estimate of drug-likeness (QED) is 0.792. The summed E-state index contributed by atoms with van der Waals surface area (Å²) in [7, 11) is 0. The van der Waals surface area contributed by atoms with Gasteiger partial charge in [0.2, 0.25) is 0 Å². The van der Waals surface area contributed by atoms with Crippen LogP contribution in [0.1, 0.15) is 30.3 Å². The number of hydrogen-bond acceptors (Lipinski definition) is 3. The van der Waals surface area contributed by atoms with Crippen LogP contribution >= 0.6 is 23.2 Å². The molecule has 0 radical (unpaired) electrons. The molecule has 0 spiro atoms. The molecule has 1 heterocycles. The number of carbonyl (C=O) groups is 2. The van der Waals surface area contributed by atoms with Crippen LogP contribution in [0.2, 0.25) is 10.2 Å². The molecule has 0 aliphatic heterocycles. The van der Waals surface area contributed by atoms with Crippen LogP contribution in [0.5, 0.6) is 0 Å². The highest BCUT2D eigenvalue weighted by atomic mass is 35.5. The summed E-state index contributed by atoms with van der Waals surface area (Å²) >= 11 is 11.5. The van der Waals surface area contributed by atoms with Crippen LogP contribution in [-0.2, 0) is 4.79 Å². The number of hydrogen-bond donors (Lipinski definition) is 2. The Hall–Kier alpha value is -1.33. The first kappa shape index (κ1) is 15.7. The minimum atomic E-state index is -0.849. The predicted octanol–water partition coefficient (Wildman–Crippen LogP) is 2.62. The van der Waals surface area contributed by atoms with Crippen LogP contribution in [0.15, 0.2) is 12.1 Å². The monoisotopic (exact) mass is 304 g/mol. The fourth-order valence-corrected chi connectivity index (χ4v) is 1.74. The summed E-state index contributed by atoms with van der Waals surface area (Å²) in [5.41, 5.74) is 0.0691. The lowest BCUT2D eigenvalue weighted by atomic mass is 10.1. The third-order valence-electron chi connectivity index (χ3n) is 2.49. The molecule has 1 unspecified atom stereocenters. The van der Waals surface area contributed by atoms with Crippen molar-refractivity contribution in [2.24, 2.45) is 5.92 Å². The van der Waals surface area contributed by atoms with Crippen LogP contribution in [-0.4, -0.2) is 28.5 Å². The Morgan fingerprint density at radius 2 is 2.11 bits per heavy atom. The van der Waals surface area contributed by atoms with Crippen molar-refractivity contribution in [3.05, 3.63) is 28.0 Å². The maximum absolute atomic E-state index is 11.8. The highest BCUT2D eigenvalue weighted by molar-refractivity contribution is 6.34. The standard InChI is InChI=1S/C12H14Cl2N2O3/c1-7(2-5-10(17)18)6-15-12(19)11-8(13)3-4-9(14)16-11/h3-4,7H,2,5-6H2,1H3,(H,15,19)(H,17,18). The first-order valence-corrected chi connectivity index (χ1v) is 6.47. The van der Waals surface area contributed by atoms with Gasteiger partial charge in [-0.15, -0.1) is 0 Å². The van der Waals surface area contributed by atoms with Crippen LogP contribution < -0.4 is 5.32 Å². The molecule has 1 rings (SSSR count). The minimum Gasteiger partial charge on any atom is -0.481 e. The zero-order chi connectivity index (χ0) is 14.4. The largest absolute Gasteiger partial charge is 0.481 e. The van der Waals surface area contributed by atoms with Gasteiger partial charge in [0.05, 0.1) is 5.02 Å². The highest BCUT2D eigenvalue weighted by Gasteiger charge is 2.14. The zero-order valence-corrected chi connectivity index (χ0v) is 11.8. The van der Waals surface area contributed by atoms with Crippen LogP contribution in [0.4, 0.5) is 0 Å². The molecule has 0 aliphatic carbocycles. The van der Waals surface area contributed by atoms with Crippen LogP contribution in [0.25, 0.3) is 0 Å². The van der Waals surface area contributed by atoms with Crippen molar-refractivity contribution in [1.29, 1.82) is 0 Å². The van der Waals surface area contributed by atoms with Gasteiger partial charge < -0.3 is 10.4 Å². The number of carboxylic acid groups (broad SMARTS) is 1. The molecule has 0 aliphatic rings. The molecular weight excluding hydrogens is 291 g/mol. The Labute approximate surface area is 120 Å². The van der Waals surface area contributed by atoms with Gasteiger partial charge >= 0.3 is 5.97 Å². The van der Waals surface area contributed by atoms with E-state index in [2.05, 4.69) is 10.3 Å². The highest BCUT2D eigenvalue weighted by Crippen LogP contribution is 2.16. The maximum Gasteiger partial charge on any atom is 0.303 e. The Balaban J connectivity index is 2.51. The number of pyridine rings is 1. The molecule has 5 nitrogen and oxygen atoms in total. The summed E-state index contributed by atoms with van der Waals surface area (Å²) in [5, 5.41) is 11.6. The number of carboxylic acids is 1. The van der Waals surface area contributed by atoms with E-state index in [0.717, 1.165) is 0 Å². The number of halogens is 2. The molecular formula is C12H14Cl2N2O3. The van der Waals surface area contributed by atoms with E-state index in [4.69, 9.17) is 28.3 Å². The van der Waals surface area contributed by atoms with E-state index in [-0.39, 0.29) is 28.2 Å². The lowest BCUT2D eigenvalue weighted by Gasteiger charge is -2.11. The number of carbonyl (C=O) groups excluding carboxylic acids is 1. The van der Waals surface area contributed by atoms with Gasteiger partial charge in [-0.3, -0.25) is 9.59 Å². The summed E-state index contributed by atoms with van der Waals surface area (Å²) in [4.78, 5) is 26.1. The van der Waals surface area contributed by atoms with Gasteiger partial charge in [-0.25, -0.2) is 4.98 Å². The van der Waals surface area contributed by atoms with E-state index in [9.17, 15) is 9.59 Å². The Morgan fingerprint density at radius 1 is 1.42 bits per heavy atom. The van der Waals surface area contributed by atoms with Gasteiger partial charge in [0, 0.05) is 13.0 Å². The number of aliphatic carboxylic acids is 1. The predicted molar refractivity (Wildman–Crippen MR) is 72.6 cm³/mol. The second-order valence-electron chi connectivity index (χ2n) is 4.21. The Bertz CT molecular complexity index is 480. The van der Waals surface area contributed by atoms with E-state index >= 15 is 0 Å². The number of nitrogens with one attached hydrogen (secondary N) is 1. The Kier molecular flexibility index (Phi) is 6.05. The van der Waals surface area contributed by atoms with E-state index in [1.54, 1.807) is 0 Å². The van der Waals surface area contributed by atoms with Crippen molar-refractivity contribution in [1.82, 2.24) is 10.3 Å². The van der Waals surface area contributed by atoms with Crippen molar-refractivity contribution < 1.29 is 14.7 Å². The van der Waals surface area contributed by atoms with Crippen LogP contribution in [0, 0.1) is 5.92 Å². The smallest absolute Gasteiger partial charge is 0.303 e. The SMILES string of the molecule is CC(CCC(=O)O)CNC(=O)c1nc(Cl)ccc1Cl. The number of rotatable bonds is 6. The van der Waals surface area contributed by atoms with E-state index in [1.165, 1.54) is 12.1 Å². The molecule has 7 heteroatoms. The van der Waals surface area contributed by atoms with Crippen molar-refractivity contribution in [2.45, 2.75) is 19.8 Å². The molecule has 0 saturated heterocycles. The van der Waals surface area contributed by atoms with Crippen molar-refractivity contribution >= 4 is 35.1 Å². The third kappa shape index (κ3) is 5.44. The maximum atomic E-state index is 11.8. The molecule has 0 bridgehead atoms. The van der Waals surface area contributed by atoms with Gasteiger partial charge in [-0.1, -0.05) is 30.1 Å². The van der Waals surface area contributed by atoms with Gasteiger partial charge in [0.1, 0.15) is 10.8 Å². The summed E-state index contributed by atoms with van der Waals surface area (Å²) in [5.74, 6) is -1.22. The van der Waals surface area contributed by atoms with Gasteiger partial charge in [-0.2, -0.15) is 0 Å². The normalized spacial score (nSPS) is 11.9. The van der Waals surface area contributed by atoms with E-state index < -0.39 is 11.9 Å². The summed E-state index contributed by atoms with van der Waals surface area (Å²) in [6.07, 6.45) is 0.569. The van der Waals surface area contributed by atoms with Gasteiger partial charge in [-0.05, 0) is 24.5 Å². The minimum absolute atomic E-state index is 0.0537. The van der Waals surface area contributed by atoms with Crippen molar-refractivity contribution in [3.8, 4) is 0 Å². The lowest BCUT2D eigenvalue weighted by Crippen LogP contribution is -2.29. The first-order valence-electron chi connectivity index (χ1n) is 5.72. The van der Waals surface area contributed by atoms with Crippen molar-refractivity contribution in [3.63, 3.8) is 0 Å². The molecule has 0 saturated carbocycles. The summed E-state index contributed by atoms with van der Waals surface area (Å²) in [6.45, 7) is 2.22. The summed E-state index contributed by atoms with van der Waals surface area (Å²) in [6, 6.07) is 3.00. The molecule has 19 heavy (non-hydrogen) atoms. The lowest BCUT2D eigenvalue weighted by molar-refractivity contribution is -0.137. The number of amides is 1. The number of aromatic nitrogens is 1. The van der Waals surface area contributed by atoms with Crippen LogP contribution in [0.3, 0.4) is 0 Å². The average Bonchev–Trinajstić information content (AvgIpc) is 2.36. The summed E-state index contributed by atoms with van der Waals surface area (Å²) < 4.78 is 0. The molecule has 0 aromatic carbocycles. The Morgan fingerprint density at radius 3 is 2.74 bits per heavy atom. The molecule has 1 amide bonds. The third-order valence-corrected chi connectivity index (χ3v) is 3.00. The zero-order valence-electron chi connectivity index (χ0n) is 10.3. The molecule has 0 fully saturated rings. The molecule has 2 N–H and O–H groups in total. The average molecular weight is 305 g/mol. The molecule has 1 atom stereocenters. The fourth-order valence-electron chi connectivity index (χ4n) is 1.40. The topological polar surface area (TPSA) is 79.3 Å². The second kappa shape index (κ2) is 7.31. The fraction of sp³-hybridized carbons (Fsp3) is 0.417. The number of nitrogens with zero attached hydrogens (tertiary/aromatic N) is 1. The van der Waals surface area contributed by atoms with E-state index in [1.807, 2.05) is 6.92 Å². The van der Waals surface area contributed by atoms with E-state index in [0.29, 0.717) is 13.0 Å². The second-order valence-corrected chi connectivity index (χ2v) is 5.01. The molecule has 1 aromatic heterocycles. The van der Waals surface area contributed by atoms with Crippen molar-refractivity contribution in [2.75, 3.05) is 6.54 Å². The first-order chi connectivity index (χ1) is 8.90. The van der Waals surface area contributed by atoms with Gasteiger partial charge in [0.25, 0.3) is 5.91 Å².